The summed E-state index contributed by atoms with van der Waals surface area (Å²) in [7, 11) is 1.63. The van der Waals surface area contributed by atoms with Gasteiger partial charge in [0.15, 0.2) is 0 Å². The molecule has 25 heavy (non-hydrogen) atoms. The lowest BCUT2D eigenvalue weighted by molar-refractivity contribution is -0.126. The third-order valence-corrected chi connectivity index (χ3v) is 4.64. The molecule has 6 heteroatoms. The second kappa shape index (κ2) is 7.59. The van der Waals surface area contributed by atoms with Crippen molar-refractivity contribution in [3.05, 3.63) is 40.8 Å². The number of nitrogens with zero attached hydrogens (tertiary/aromatic N) is 1. The first kappa shape index (κ1) is 17.3. The SMILES string of the molecule is COc1ccc2c(c1)OC[C@@H](C(=O)NCCCc1c(C)noc1C)C2. The van der Waals surface area contributed by atoms with E-state index in [2.05, 4.69) is 10.5 Å². The number of fused-ring (bicyclic) bond motifs is 1. The van der Waals surface area contributed by atoms with Crippen LogP contribution in [-0.2, 0) is 17.6 Å². The molecule has 0 radical (unpaired) electrons. The molecule has 0 saturated carbocycles. The summed E-state index contributed by atoms with van der Waals surface area (Å²) in [5.74, 6) is 2.32. The van der Waals surface area contributed by atoms with Crippen LogP contribution in [0, 0.1) is 19.8 Å². The highest BCUT2D eigenvalue weighted by Crippen LogP contribution is 2.31. The van der Waals surface area contributed by atoms with Crippen LogP contribution in [0.2, 0.25) is 0 Å². The molecule has 0 spiro atoms. The predicted molar refractivity (Wildman–Crippen MR) is 93.0 cm³/mol. The summed E-state index contributed by atoms with van der Waals surface area (Å²) in [6.07, 6.45) is 2.40. The fourth-order valence-electron chi connectivity index (χ4n) is 3.13. The van der Waals surface area contributed by atoms with Crippen LogP contribution < -0.4 is 14.8 Å². The third-order valence-electron chi connectivity index (χ3n) is 4.64. The smallest absolute Gasteiger partial charge is 0.226 e. The zero-order valence-electron chi connectivity index (χ0n) is 14.9. The van der Waals surface area contributed by atoms with Crippen molar-refractivity contribution >= 4 is 5.91 Å². The molecule has 2 heterocycles. The average molecular weight is 344 g/mol. The van der Waals surface area contributed by atoms with Gasteiger partial charge in [0.05, 0.1) is 18.7 Å². The van der Waals surface area contributed by atoms with Gasteiger partial charge in [-0.3, -0.25) is 4.79 Å². The van der Waals surface area contributed by atoms with E-state index in [-0.39, 0.29) is 11.8 Å². The highest BCUT2D eigenvalue weighted by Gasteiger charge is 2.26. The normalized spacial score (nSPS) is 16.0. The third kappa shape index (κ3) is 3.95. The summed E-state index contributed by atoms with van der Waals surface area (Å²) < 4.78 is 16.1. The van der Waals surface area contributed by atoms with Gasteiger partial charge in [0.25, 0.3) is 0 Å². The maximum Gasteiger partial charge on any atom is 0.226 e. The van der Waals surface area contributed by atoms with Gasteiger partial charge in [0.1, 0.15) is 23.9 Å². The fraction of sp³-hybridized carbons (Fsp3) is 0.474. The number of amides is 1. The van der Waals surface area contributed by atoms with Crippen molar-refractivity contribution < 1.29 is 18.8 Å². The van der Waals surface area contributed by atoms with E-state index in [0.717, 1.165) is 46.9 Å². The van der Waals surface area contributed by atoms with Gasteiger partial charge in [0.2, 0.25) is 5.91 Å². The minimum Gasteiger partial charge on any atom is -0.497 e. The summed E-state index contributed by atoms with van der Waals surface area (Å²) in [5, 5.41) is 6.96. The molecule has 0 aliphatic carbocycles. The fourth-order valence-corrected chi connectivity index (χ4v) is 3.13. The molecule has 0 fully saturated rings. The van der Waals surface area contributed by atoms with Crippen LogP contribution in [-0.4, -0.2) is 31.3 Å². The first-order valence-corrected chi connectivity index (χ1v) is 8.57. The number of aryl methyl sites for hydroxylation is 2. The summed E-state index contributed by atoms with van der Waals surface area (Å²) in [4.78, 5) is 12.4. The molecule has 3 rings (SSSR count). The van der Waals surface area contributed by atoms with Crippen molar-refractivity contribution in [3.63, 3.8) is 0 Å². The summed E-state index contributed by atoms with van der Waals surface area (Å²) in [6.45, 7) is 4.89. The molecular weight excluding hydrogens is 320 g/mol. The van der Waals surface area contributed by atoms with E-state index in [1.54, 1.807) is 7.11 Å². The number of carbonyl (C=O) groups is 1. The number of rotatable bonds is 6. The number of methoxy groups -OCH3 is 1. The van der Waals surface area contributed by atoms with Crippen LogP contribution in [0.1, 0.15) is 29.0 Å². The maximum atomic E-state index is 12.4. The number of hydrogen-bond acceptors (Lipinski definition) is 5. The molecular formula is C19H24N2O4. The van der Waals surface area contributed by atoms with E-state index >= 15 is 0 Å². The number of hydrogen-bond donors (Lipinski definition) is 1. The second-order valence-corrected chi connectivity index (χ2v) is 6.38. The molecule has 1 aliphatic heterocycles. The maximum absolute atomic E-state index is 12.4. The zero-order chi connectivity index (χ0) is 17.8. The Kier molecular flexibility index (Phi) is 5.26. The molecule has 1 aromatic carbocycles. The lowest BCUT2D eigenvalue weighted by Gasteiger charge is -2.25. The monoisotopic (exact) mass is 344 g/mol. The van der Waals surface area contributed by atoms with Crippen LogP contribution in [0.5, 0.6) is 11.5 Å². The van der Waals surface area contributed by atoms with Crippen LogP contribution >= 0.6 is 0 Å². The lowest BCUT2D eigenvalue weighted by Crippen LogP contribution is -2.37. The molecule has 0 bridgehead atoms. The Morgan fingerprint density at radius 3 is 2.96 bits per heavy atom. The molecule has 1 atom stereocenters. The van der Waals surface area contributed by atoms with E-state index in [4.69, 9.17) is 14.0 Å². The molecule has 0 unspecified atom stereocenters. The largest absolute Gasteiger partial charge is 0.497 e. The first-order chi connectivity index (χ1) is 12.1. The van der Waals surface area contributed by atoms with Crippen LogP contribution in [0.15, 0.2) is 22.7 Å². The molecule has 2 aromatic rings. The minimum absolute atomic E-state index is 0.0419. The van der Waals surface area contributed by atoms with Crippen LogP contribution in [0.3, 0.4) is 0 Å². The number of aromatic nitrogens is 1. The van der Waals surface area contributed by atoms with Gasteiger partial charge in [-0.1, -0.05) is 11.2 Å². The zero-order valence-corrected chi connectivity index (χ0v) is 14.9. The highest BCUT2D eigenvalue weighted by molar-refractivity contribution is 5.79. The van der Waals surface area contributed by atoms with Gasteiger partial charge in [-0.2, -0.15) is 0 Å². The predicted octanol–water partition coefficient (Wildman–Crippen LogP) is 2.60. The summed E-state index contributed by atoms with van der Waals surface area (Å²) in [6, 6.07) is 5.73. The van der Waals surface area contributed by atoms with E-state index in [1.165, 1.54) is 0 Å². The Morgan fingerprint density at radius 1 is 1.40 bits per heavy atom. The Morgan fingerprint density at radius 2 is 2.24 bits per heavy atom. The Bertz CT molecular complexity index is 734. The van der Waals surface area contributed by atoms with Gasteiger partial charge < -0.3 is 19.3 Å². The van der Waals surface area contributed by atoms with E-state index in [0.29, 0.717) is 19.6 Å². The molecule has 1 amide bonds. The van der Waals surface area contributed by atoms with Crippen molar-refractivity contribution in [2.75, 3.05) is 20.3 Å². The van der Waals surface area contributed by atoms with Crippen LogP contribution in [0.4, 0.5) is 0 Å². The van der Waals surface area contributed by atoms with Crippen molar-refractivity contribution in [2.24, 2.45) is 5.92 Å². The summed E-state index contributed by atoms with van der Waals surface area (Å²) >= 11 is 0. The topological polar surface area (TPSA) is 73.6 Å². The van der Waals surface area contributed by atoms with Crippen molar-refractivity contribution in [2.45, 2.75) is 33.1 Å². The van der Waals surface area contributed by atoms with E-state index in [1.807, 2.05) is 32.0 Å². The molecule has 1 aromatic heterocycles. The Hall–Kier alpha value is -2.50. The van der Waals surface area contributed by atoms with Gasteiger partial charge in [-0.25, -0.2) is 0 Å². The first-order valence-electron chi connectivity index (χ1n) is 8.57. The van der Waals surface area contributed by atoms with E-state index < -0.39 is 0 Å². The number of carbonyl (C=O) groups excluding carboxylic acids is 1. The Labute approximate surface area is 147 Å². The highest BCUT2D eigenvalue weighted by atomic mass is 16.5. The van der Waals surface area contributed by atoms with Crippen molar-refractivity contribution in [3.8, 4) is 11.5 Å². The number of nitrogens with one attached hydrogen (secondary N) is 1. The number of benzene rings is 1. The molecule has 1 N–H and O–H groups in total. The van der Waals surface area contributed by atoms with Gasteiger partial charge in [0, 0.05) is 18.2 Å². The summed E-state index contributed by atoms with van der Waals surface area (Å²) in [5.41, 5.74) is 3.11. The molecule has 0 saturated heterocycles. The van der Waals surface area contributed by atoms with Crippen molar-refractivity contribution in [1.29, 1.82) is 0 Å². The standard InChI is InChI=1S/C19H24N2O4/c1-12-17(13(2)25-21-12)5-4-8-20-19(22)15-9-14-6-7-16(23-3)10-18(14)24-11-15/h6-7,10,15H,4-5,8-9,11H2,1-3H3,(H,20,22)/t15-/m0/s1. The minimum atomic E-state index is -0.153. The quantitative estimate of drug-likeness (QED) is 0.816. The molecule has 1 aliphatic rings. The number of ether oxygens (including phenoxy) is 2. The second-order valence-electron chi connectivity index (χ2n) is 6.38. The van der Waals surface area contributed by atoms with Crippen LogP contribution in [0.25, 0.3) is 0 Å². The van der Waals surface area contributed by atoms with Gasteiger partial charge in [-0.05, 0) is 44.7 Å². The molecule has 134 valence electrons. The van der Waals surface area contributed by atoms with Crippen molar-refractivity contribution in [1.82, 2.24) is 10.5 Å². The molecule has 6 nitrogen and oxygen atoms in total. The van der Waals surface area contributed by atoms with E-state index in [9.17, 15) is 4.79 Å². The van der Waals surface area contributed by atoms with Gasteiger partial charge in [-0.15, -0.1) is 0 Å². The van der Waals surface area contributed by atoms with Gasteiger partial charge >= 0.3 is 0 Å². The Balaban J connectivity index is 1.47. The average Bonchev–Trinajstić information content (AvgIpc) is 2.95. The lowest BCUT2D eigenvalue weighted by atomic mass is 9.96.